The van der Waals surface area contributed by atoms with E-state index in [9.17, 15) is 39.4 Å². The normalized spacial score (nSPS) is 12.1. The summed E-state index contributed by atoms with van der Waals surface area (Å²) in [6, 6.07) is 15.1. The van der Waals surface area contributed by atoms with E-state index in [4.69, 9.17) is 51.1 Å². The van der Waals surface area contributed by atoms with Crippen LogP contribution in [0, 0.1) is 20.2 Å². The fourth-order valence-electron chi connectivity index (χ4n) is 4.37. The number of imide groups is 1. The third-order valence-corrected chi connectivity index (χ3v) is 8.44. The maximum absolute atomic E-state index is 13.7. The fourth-order valence-corrected chi connectivity index (χ4v) is 5.39. The third-order valence-electron chi connectivity index (χ3n) is 6.63. The minimum absolute atomic E-state index is 0.0383. The largest absolute Gasteiger partial charge is 0.457 e. The van der Waals surface area contributed by atoms with Gasteiger partial charge in [0.05, 0.1) is 41.1 Å². The molecule has 0 saturated carbocycles. The van der Waals surface area contributed by atoms with E-state index < -0.39 is 61.1 Å². The van der Waals surface area contributed by atoms with Crippen LogP contribution in [0.3, 0.4) is 0 Å². The van der Waals surface area contributed by atoms with Crippen molar-refractivity contribution in [2.24, 2.45) is 0 Å². The van der Waals surface area contributed by atoms with E-state index in [1.54, 1.807) is 0 Å². The zero-order chi connectivity index (χ0) is 33.4. The van der Waals surface area contributed by atoms with E-state index in [2.05, 4.69) is 0 Å². The lowest BCUT2D eigenvalue weighted by atomic mass is 10.1. The van der Waals surface area contributed by atoms with Gasteiger partial charge in [0.1, 0.15) is 18.0 Å². The summed E-state index contributed by atoms with van der Waals surface area (Å²) < 4.78 is 5.65. The van der Waals surface area contributed by atoms with Crippen molar-refractivity contribution in [3.63, 3.8) is 0 Å². The van der Waals surface area contributed by atoms with Gasteiger partial charge in [-0.2, -0.15) is 5.01 Å². The van der Waals surface area contributed by atoms with Crippen molar-refractivity contribution < 1.29 is 33.8 Å². The third kappa shape index (κ3) is 5.96. The Labute approximate surface area is 277 Å². The second kappa shape index (κ2) is 12.7. The number of ether oxygens (including phenoxy) is 1. The highest BCUT2D eigenvalue weighted by Gasteiger charge is 2.46. The molecule has 0 saturated heterocycles. The van der Waals surface area contributed by atoms with E-state index in [0.717, 1.165) is 24.3 Å². The van der Waals surface area contributed by atoms with Crippen LogP contribution in [0.4, 0.5) is 11.4 Å². The molecule has 0 N–H and O–H groups in total. The zero-order valence-corrected chi connectivity index (χ0v) is 25.6. The average molecular weight is 704 g/mol. The first-order valence-electron chi connectivity index (χ1n) is 12.7. The van der Waals surface area contributed by atoms with Gasteiger partial charge in [-0.1, -0.05) is 46.4 Å². The molecule has 1 aliphatic rings. The van der Waals surface area contributed by atoms with Gasteiger partial charge in [0.25, 0.3) is 29.1 Å². The quantitative estimate of drug-likeness (QED) is 0.0429. The Morgan fingerprint density at radius 2 is 1.04 bits per heavy atom. The Morgan fingerprint density at radius 3 is 1.48 bits per heavy atom. The van der Waals surface area contributed by atoms with Crippen LogP contribution in [0.1, 0.15) is 41.4 Å². The van der Waals surface area contributed by atoms with Crippen molar-refractivity contribution in [3.05, 3.63) is 135 Å². The van der Waals surface area contributed by atoms with Crippen molar-refractivity contribution in [2.45, 2.75) is 0 Å². The molecule has 4 aromatic rings. The Bertz CT molecular complexity index is 1920. The predicted octanol–water partition coefficient (Wildman–Crippen LogP) is 7.45. The molecule has 232 valence electrons. The first-order valence-corrected chi connectivity index (χ1v) is 14.2. The molecule has 3 amide bonds. The monoisotopic (exact) mass is 702 g/mol. The van der Waals surface area contributed by atoms with Gasteiger partial charge in [0.2, 0.25) is 0 Å². The van der Waals surface area contributed by atoms with Crippen LogP contribution in [-0.4, -0.2) is 49.9 Å². The van der Waals surface area contributed by atoms with E-state index in [-0.39, 0.29) is 44.0 Å². The van der Waals surface area contributed by atoms with Crippen LogP contribution in [0.2, 0.25) is 20.1 Å². The number of hydrogen-bond acceptors (Lipinski definition) is 9. The number of carbonyl (C=O) groups is 4. The smallest absolute Gasteiger partial charge is 0.282 e. The molecule has 4 aromatic carbocycles. The number of nitro groups is 2. The van der Waals surface area contributed by atoms with Crippen LogP contribution in [0.25, 0.3) is 0 Å². The SMILES string of the molecule is O=C(CN(C(=O)c1ccc([N+](=O)[O-])cc1)N1C(=O)c2c(Cl)c(Cl)c(Cl)c(Cl)c2C1=O)c1ccc(Oc2ccc([N+](=O)[O-])cc2)cc1. The Morgan fingerprint density at radius 1 is 0.652 bits per heavy atom. The zero-order valence-electron chi connectivity index (χ0n) is 22.6. The highest BCUT2D eigenvalue weighted by Crippen LogP contribution is 2.45. The molecule has 0 spiro atoms. The molecule has 13 nitrogen and oxygen atoms in total. The number of carbonyl (C=O) groups excluding carboxylic acids is 4. The molecule has 17 heteroatoms. The molecule has 0 unspecified atom stereocenters. The van der Waals surface area contributed by atoms with Gasteiger partial charge < -0.3 is 4.74 Å². The van der Waals surface area contributed by atoms with Gasteiger partial charge in [-0.05, 0) is 48.5 Å². The summed E-state index contributed by atoms with van der Waals surface area (Å²) in [6.45, 7) is -0.861. The predicted molar refractivity (Wildman–Crippen MR) is 165 cm³/mol. The van der Waals surface area contributed by atoms with Crippen LogP contribution >= 0.6 is 46.4 Å². The summed E-state index contributed by atoms with van der Waals surface area (Å²) in [6.07, 6.45) is 0. The number of hydrogen-bond donors (Lipinski definition) is 0. The van der Waals surface area contributed by atoms with E-state index in [1.807, 2.05) is 0 Å². The number of nitro benzene ring substituents is 2. The summed E-state index contributed by atoms with van der Waals surface area (Å²) in [4.78, 5) is 75.1. The van der Waals surface area contributed by atoms with Gasteiger partial charge >= 0.3 is 0 Å². The van der Waals surface area contributed by atoms with Crippen LogP contribution in [-0.2, 0) is 0 Å². The second-order valence-electron chi connectivity index (χ2n) is 9.40. The summed E-state index contributed by atoms with van der Waals surface area (Å²) in [5.41, 5.74) is -1.50. The molecule has 5 rings (SSSR count). The molecular formula is C29H14Cl4N4O9. The lowest BCUT2D eigenvalue weighted by molar-refractivity contribution is -0.385. The number of Topliss-reactive ketones (excluding diaryl/α,β-unsaturated/α-hetero) is 1. The van der Waals surface area contributed by atoms with E-state index in [1.165, 1.54) is 48.5 Å². The van der Waals surface area contributed by atoms with Crippen LogP contribution in [0.15, 0.2) is 72.8 Å². The Balaban J connectivity index is 1.46. The second-order valence-corrected chi connectivity index (χ2v) is 10.9. The average Bonchev–Trinajstić information content (AvgIpc) is 3.31. The Hall–Kier alpha value is -5.08. The number of nitrogens with zero attached hydrogens (tertiary/aromatic N) is 4. The maximum Gasteiger partial charge on any atom is 0.282 e. The molecule has 1 heterocycles. The molecular weight excluding hydrogens is 690 g/mol. The van der Waals surface area contributed by atoms with Gasteiger partial charge in [0, 0.05) is 35.4 Å². The highest BCUT2D eigenvalue weighted by molar-refractivity contribution is 6.55. The van der Waals surface area contributed by atoms with Gasteiger partial charge in [-0.3, -0.25) is 39.4 Å². The molecule has 0 aliphatic carbocycles. The number of amides is 3. The van der Waals surface area contributed by atoms with Gasteiger partial charge in [-0.15, -0.1) is 0 Å². The minimum Gasteiger partial charge on any atom is -0.457 e. The molecule has 1 aliphatic heterocycles. The first-order chi connectivity index (χ1) is 21.8. The molecule has 0 radical (unpaired) electrons. The molecule has 0 atom stereocenters. The van der Waals surface area contributed by atoms with Crippen molar-refractivity contribution in [1.29, 1.82) is 0 Å². The number of halogens is 4. The number of ketones is 1. The number of hydrazine groups is 1. The van der Waals surface area contributed by atoms with Crippen molar-refractivity contribution in [1.82, 2.24) is 10.0 Å². The van der Waals surface area contributed by atoms with Crippen molar-refractivity contribution in [3.8, 4) is 11.5 Å². The summed E-state index contributed by atoms with van der Waals surface area (Å²) in [5.74, 6) is -3.47. The summed E-state index contributed by atoms with van der Waals surface area (Å²) >= 11 is 24.7. The standard InChI is InChI=1S/C29H14Cl4N4O9/c30-23-21-22(24(31)26(33)25(23)32)29(41)35(28(21)40)34(27(39)15-1-5-16(6-2-15)36(42)43)13-20(38)14-3-9-18(10-4-14)46-19-11-7-17(8-12-19)37(44)45/h1-12H,13H2. The highest BCUT2D eigenvalue weighted by atomic mass is 35.5. The van der Waals surface area contributed by atoms with Gasteiger partial charge in [-0.25, -0.2) is 5.01 Å². The molecule has 0 bridgehead atoms. The van der Waals surface area contributed by atoms with Crippen molar-refractivity contribution >= 4 is 81.3 Å². The topological polar surface area (TPSA) is 170 Å². The molecule has 0 aromatic heterocycles. The lowest BCUT2D eigenvalue weighted by Crippen LogP contribution is -2.51. The number of benzene rings is 4. The number of rotatable bonds is 9. The summed E-state index contributed by atoms with van der Waals surface area (Å²) in [5, 5.41) is 21.5. The van der Waals surface area contributed by atoms with Gasteiger partial charge in [0.15, 0.2) is 5.78 Å². The number of non-ortho nitro benzene ring substituents is 2. The lowest BCUT2D eigenvalue weighted by Gasteiger charge is -2.29. The van der Waals surface area contributed by atoms with Crippen molar-refractivity contribution in [2.75, 3.05) is 6.54 Å². The number of fused-ring (bicyclic) bond motifs is 1. The molecule has 0 fully saturated rings. The van der Waals surface area contributed by atoms with Crippen LogP contribution < -0.4 is 4.74 Å². The minimum atomic E-state index is -1.12. The van der Waals surface area contributed by atoms with E-state index in [0.29, 0.717) is 10.0 Å². The maximum atomic E-state index is 13.7. The van der Waals surface area contributed by atoms with E-state index >= 15 is 0 Å². The van der Waals surface area contributed by atoms with Crippen LogP contribution in [0.5, 0.6) is 11.5 Å². The Kier molecular flexibility index (Phi) is 8.94. The first kappa shape index (κ1) is 32.3. The fraction of sp³-hybridized carbons (Fsp3) is 0.0345. The molecule has 46 heavy (non-hydrogen) atoms. The summed E-state index contributed by atoms with van der Waals surface area (Å²) in [7, 11) is 0.